The zero-order valence-electron chi connectivity index (χ0n) is 10.3. The first-order valence-corrected chi connectivity index (χ1v) is 6.78. The van der Waals surface area contributed by atoms with Crippen LogP contribution in [-0.2, 0) is 9.47 Å². The lowest BCUT2D eigenvalue weighted by Gasteiger charge is -2.22. The summed E-state index contributed by atoms with van der Waals surface area (Å²) in [5, 5.41) is 11.4. The van der Waals surface area contributed by atoms with Gasteiger partial charge >= 0.3 is 0 Å². The summed E-state index contributed by atoms with van der Waals surface area (Å²) in [5.74, 6) is 5.17. The minimum atomic E-state index is -0.182. The van der Waals surface area contributed by atoms with E-state index in [-0.39, 0.29) is 18.6 Å². The first-order valence-electron chi connectivity index (χ1n) is 5.96. The van der Waals surface area contributed by atoms with Gasteiger partial charge in [0.25, 0.3) is 5.91 Å². The first-order chi connectivity index (χ1) is 9.29. The molecule has 0 aliphatic carbocycles. The van der Waals surface area contributed by atoms with Crippen molar-refractivity contribution in [2.75, 3.05) is 33.0 Å². The van der Waals surface area contributed by atoms with Gasteiger partial charge in [0.2, 0.25) is 0 Å². The molecule has 2 rings (SSSR count). The van der Waals surface area contributed by atoms with Gasteiger partial charge in [-0.2, -0.15) is 0 Å². The highest BCUT2D eigenvalue weighted by atomic mass is 32.1. The van der Waals surface area contributed by atoms with Crippen LogP contribution in [0.3, 0.4) is 0 Å². The molecule has 19 heavy (non-hydrogen) atoms. The summed E-state index contributed by atoms with van der Waals surface area (Å²) in [7, 11) is 0. The van der Waals surface area contributed by atoms with Crippen LogP contribution in [0.4, 0.5) is 0 Å². The van der Waals surface area contributed by atoms with Crippen molar-refractivity contribution in [3.8, 4) is 11.8 Å². The lowest BCUT2D eigenvalue weighted by molar-refractivity contribution is -0.0855. The number of thiophene rings is 1. The monoisotopic (exact) mass is 281 g/mol. The van der Waals surface area contributed by atoms with Gasteiger partial charge in [-0.15, -0.1) is 11.3 Å². The third-order valence-electron chi connectivity index (χ3n) is 2.50. The lowest BCUT2D eigenvalue weighted by Crippen LogP contribution is -2.39. The maximum atomic E-state index is 11.9. The molecule has 5 nitrogen and oxygen atoms in total. The zero-order chi connectivity index (χ0) is 13.5. The molecular weight excluding hydrogens is 266 g/mol. The second-order valence-corrected chi connectivity index (χ2v) is 4.99. The van der Waals surface area contributed by atoms with Gasteiger partial charge in [-0.25, -0.2) is 0 Å². The van der Waals surface area contributed by atoms with Crippen molar-refractivity contribution in [2.45, 2.75) is 6.10 Å². The number of carbonyl (C=O) groups excluding carboxylic acids is 1. The number of aliphatic hydroxyl groups is 1. The predicted molar refractivity (Wildman–Crippen MR) is 71.2 cm³/mol. The van der Waals surface area contributed by atoms with E-state index in [1.165, 1.54) is 11.3 Å². The maximum absolute atomic E-state index is 11.9. The summed E-state index contributed by atoms with van der Waals surface area (Å²) in [6.07, 6.45) is -0.0775. The van der Waals surface area contributed by atoms with Gasteiger partial charge in [-0.05, 0) is 12.1 Å². The van der Waals surface area contributed by atoms with Crippen LogP contribution in [0.15, 0.2) is 12.1 Å². The normalized spacial score (nSPS) is 18.5. The topological polar surface area (TPSA) is 67.8 Å². The van der Waals surface area contributed by atoms with E-state index in [0.717, 1.165) is 4.88 Å². The molecule has 1 amide bonds. The Balaban J connectivity index is 1.83. The second-order valence-electron chi connectivity index (χ2n) is 3.90. The predicted octanol–water partition coefficient (Wildman–Crippen LogP) is 0.237. The summed E-state index contributed by atoms with van der Waals surface area (Å²) in [4.78, 5) is 13.2. The van der Waals surface area contributed by atoms with E-state index < -0.39 is 0 Å². The van der Waals surface area contributed by atoms with Gasteiger partial charge < -0.3 is 19.9 Å². The number of hydrogen-bond acceptors (Lipinski definition) is 5. The van der Waals surface area contributed by atoms with Crippen molar-refractivity contribution in [3.63, 3.8) is 0 Å². The highest BCUT2D eigenvalue weighted by Crippen LogP contribution is 2.15. The number of hydrogen-bond donors (Lipinski definition) is 2. The molecule has 0 radical (unpaired) electrons. The molecule has 6 heteroatoms. The Kier molecular flexibility index (Phi) is 5.36. The van der Waals surface area contributed by atoms with Crippen molar-refractivity contribution in [1.29, 1.82) is 0 Å². The molecule has 1 atom stereocenters. The van der Waals surface area contributed by atoms with Crippen LogP contribution in [-0.4, -0.2) is 50.1 Å². The standard InChI is InChI=1S/C13H15NO4S/c15-5-1-2-11-3-4-12(19-11)13(16)14-8-10-9-17-6-7-18-10/h3-4,10,15H,5-9H2,(H,14,16). The molecule has 1 aliphatic rings. The van der Waals surface area contributed by atoms with E-state index in [2.05, 4.69) is 17.2 Å². The highest BCUT2D eigenvalue weighted by Gasteiger charge is 2.16. The Bertz CT molecular complexity index is 482. The zero-order valence-corrected chi connectivity index (χ0v) is 11.2. The Hall–Kier alpha value is -1.39. The highest BCUT2D eigenvalue weighted by molar-refractivity contribution is 7.14. The summed E-state index contributed by atoms with van der Waals surface area (Å²) >= 11 is 1.30. The minimum Gasteiger partial charge on any atom is -0.384 e. The van der Waals surface area contributed by atoms with E-state index in [1.54, 1.807) is 12.1 Å². The van der Waals surface area contributed by atoms with Gasteiger partial charge in [0.15, 0.2) is 0 Å². The van der Waals surface area contributed by atoms with E-state index in [9.17, 15) is 4.79 Å². The van der Waals surface area contributed by atoms with E-state index in [1.807, 2.05) is 0 Å². The fourth-order valence-electron chi connectivity index (χ4n) is 1.60. The van der Waals surface area contributed by atoms with Crippen molar-refractivity contribution in [2.24, 2.45) is 0 Å². The molecular formula is C13H15NO4S. The van der Waals surface area contributed by atoms with Gasteiger partial charge in [0.05, 0.1) is 35.7 Å². The summed E-state index contributed by atoms with van der Waals surface area (Å²) in [5.41, 5.74) is 0. The van der Waals surface area contributed by atoms with Crippen molar-refractivity contribution < 1.29 is 19.4 Å². The van der Waals surface area contributed by atoms with Crippen molar-refractivity contribution in [1.82, 2.24) is 5.32 Å². The quantitative estimate of drug-likeness (QED) is 0.779. The second kappa shape index (κ2) is 7.26. The minimum absolute atomic E-state index is 0.0775. The number of nitrogens with one attached hydrogen (secondary N) is 1. The van der Waals surface area contributed by atoms with E-state index >= 15 is 0 Å². The van der Waals surface area contributed by atoms with E-state index in [0.29, 0.717) is 31.2 Å². The van der Waals surface area contributed by atoms with Gasteiger partial charge in [-0.3, -0.25) is 4.79 Å². The average Bonchev–Trinajstić information content (AvgIpc) is 2.92. The van der Waals surface area contributed by atoms with Crippen LogP contribution in [0.5, 0.6) is 0 Å². The number of carbonyl (C=O) groups is 1. The van der Waals surface area contributed by atoms with Crippen LogP contribution in [0.25, 0.3) is 0 Å². The number of rotatable bonds is 3. The van der Waals surface area contributed by atoms with Crippen LogP contribution in [0.2, 0.25) is 0 Å². The summed E-state index contributed by atoms with van der Waals surface area (Å²) < 4.78 is 10.7. The Morgan fingerprint density at radius 2 is 2.42 bits per heavy atom. The van der Waals surface area contributed by atoms with Crippen LogP contribution >= 0.6 is 11.3 Å². The molecule has 1 fully saturated rings. The molecule has 0 aromatic carbocycles. The Labute approximate surface area is 115 Å². The summed E-state index contributed by atoms with van der Waals surface area (Å²) in [6, 6.07) is 3.49. The molecule has 1 aromatic rings. The fraction of sp³-hybridized carbons (Fsp3) is 0.462. The lowest BCUT2D eigenvalue weighted by atomic mass is 10.3. The van der Waals surface area contributed by atoms with Gasteiger partial charge in [0.1, 0.15) is 6.61 Å². The maximum Gasteiger partial charge on any atom is 0.261 e. The van der Waals surface area contributed by atoms with Crippen LogP contribution < -0.4 is 5.32 Å². The first kappa shape index (κ1) is 14.0. The molecule has 2 N–H and O–H groups in total. The third kappa shape index (κ3) is 4.33. The molecule has 1 unspecified atom stereocenters. The molecule has 0 bridgehead atoms. The summed E-state index contributed by atoms with van der Waals surface area (Å²) in [6.45, 7) is 1.95. The largest absolute Gasteiger partial charge is 0.384 e. The number of ether oxygens (including phenoxy) is 2. The number of aliphatic hydroxyl groups excluding tert-OH is 1. The molecule has 0 saturated carbocycles. The Morgan fingerprint density at radius 3 is 3.16 bits per heavy atom. The fourth-order valence-corrected chi connectivity index (χ4v) is 2.40. The number of amides is 1. The third-order valence-corrected chi connectivity index (χ3v) is 3.50. The van der Waals surface area contributed by atoms with Crippen molar-refractivity contribution in [3.05, 3.63) is 21.9 Å². The molecule has 1 aliphatic heterocycles. The van der Waals surface area contributed by atoms with Crippen LogP contribution in [0.1, 0.15) is 14.5 Å². The van der Waals surface area contributed by atoms with Gasteiger partial charge in [0, 0.05) is 6.54 Å². The van der Waals surface area contributed by atoms with Gasteiger partial charge in [-0.1, -0.05) is 11.8 Å². The van der Waals surface area contributed by atoms with Crippen LogP contribution in [0, 0.1) is 11.8 Å². The molecule has 1 saturated heterocycles. The molecule has 0 spiro atoms. The molecule has 1 aromatic heterocycles. The SMILES string of the molecule is O=C(NCC1COCCO1)c1ccc(C#CCO)s1. The Morgan fingerprint density at radius 1 is 1.53 bits per heavy atom. The van der Waals surface area contributed by atoms with Crippen molar-refractivity contribution >= 4 is 17.2 Å². The van der Waals surface area contributed by atoms with E-state index in [4.69, 9.17) is 14.6 Å². The molecule has 2 heterocycles. The molecule has 102 valence electrons. The smallest absolute Gasteiger partial charge is 0.261 e. The average molecular weight is 281 g/mol.